The number of benzene rings is 1. The maximum atomic E-state index is 12.8. The van der Waals surface area contributed by atoms with Crippen LogP contribution in [-0.2, 0) is 9.53 Å². The van der Waals surface area contributed by atoms with Crippen molar-refractivity contribution in [1.29, 1.82) is 0 Å². The summed E-state index contributed by atoms with van der Waals surface area (Å²) in [5.41, 5.74) is 1.88. The summed E-state index contributed by atoms with van der Waals surface area (Å²) < 4.78 is 6.31. The molecule has 114 valence electrons. The molecule has 3 aliphatic rings. The van der Waals surface area contributed by atoms with E-state index in [1.54, 1.807) is 0 Å². The molecule has 0 spiro atoms. The summed E-state index contributed by atoms with van der Waals surface area (Å²) in [6.07, 6.45) is 5.88. The average Bonchev–Trinajstić information content (AvgIpc) is 2.89. The van der Waals surface area contributed by atoms with Gasteiger partial charge in [-0.05, 0) is 24.0 Å². The molecule has 1 aromatic rings. The number of hydrogen-bond acceptors (Lipinski definition) is 2. The highest BCUT2D eigenvalue weighted by atomic mass is 16.5. The van der Waals surface area contributed by atoms with Gasteiger partial charge in [0.1, 0.15) is 11.4 Å². The van der Waals surface area contributed by atoms with Crippen molar-refractivity contribution >= 4 is 5.78 Å². The molecule has 1 aromatic carbocycles. The van der Waals surface area contributed by atoms with E-state index in [1.807, 2.05) is 6.07 Å². The zero-order valence-corrected chi connectivity index (χ0v) is 13.4. The first-order valence-corrected chi connectivity index (χ1v) is 8.09. The van der Waals surface area contributed by atoms with Crippen molar-refractivity contribution in [2.24, 2.45) is 11.3 Å². The summed E-state index contributed by atoms with van der Waals surface area (Å²) in [7, 11) is 0. The minimum atomic E-state index is -0.360. The van der Waals surface area contributed by atoms with E-state index in [2.05, 4.69) is 57.2 Å². The van der Waals surface area contributed by atoms with E-state index in [0.29, 0.717) is 6.42 Å². The Labute approximate surface area is 131 Å². The zero-order valence-electron chi connectivity index (χ0n) is 13.4. The first-order valence-electron chi connectivity index (χ1n) is 8.09. The monoisotopic (exact) mass is 294 g/mol. The highest BCUT2D eigenvalue weighted by Crippen LogP contribution is 2.57. The van der Waals surface area contributed by atoms with Crippen LogP contribution in [0.2, 0.25) is 0 Å². The number of carbonyl (C=O) groups is 1. The van der Waals surface area contributed by atoms with Gasteiger partial charge in [-0.2, -0.15) is 0 Å². The lowest BCUT2D eigenvalue weighted by Crippen LogP contribution is -2.32. The van der Waals surface area contributed by atoms with Crippen LogP contribution in [0.25, 0.3) is 0 Å². The zero-order chi connectivity index (χ0) is 15.5. The summed E-state index contributed by atoms with van der Waals surface area (Å²) in [5, 5.41) is 0. The van der Waals surface area contributed by atoms with Crippen molar-refractivity contribution in [3.8, 4) is 0 Å². The smallest absolute Gasteiger partial charge is 0.163 e. The minimum absolute atomic E-state index is 0.0108. The highest BCUT2D eigenvalue weighted by molar-refractivity contribution is 5.99. The fourth-order valence-corrected chi connectivity index (χ4v) is 4.39. The molecule has 0 saturated carbocycles. The molecule has 3 atom stereocenters. The third-order valence-corrected chi connectivity index (χ3v) is 5.33. The van der Waals surface area contributed by atoms with Gasteiger partial charge in [-0.15, -0.1) is 0 Å². The normalized spacial score (nSPS) is 35.3. The number of Topliss-reactive ketones (excluding diaryl/α,β-unsaturated/α-hetero) is 1. The van der Waals surface area contributed by atoms with Crippen LogP contribution in [0, 0.1) is 11.3 Å². The van der Waals surface area contributed by atoms with Crippen LogP contribution in [-0.4, -0.2) is 11.4 Å². The maximum Gasteiger partial charge on any atom is 0.163 e. The topological polar surface area (TPSA) is 26.3 Å². The SMILES string of the molecule is CC1(C)CC(=O)C2=C(C1)O[C@@]1(C)C=C[C@H](c3ccccc3)[C@@H]21. The molecule has 0 unspecified atom stereocenters. The van der Waals surface area contributed by atoms with E-state index < -0.39 is 0 Å². The molecule has 0 N–H and O–H groups in total. The van der Waals surface area contributed by atoms with Crippen LogP contribution in [0.3, 0.4) is 0 Å². The van der Waals surface area contributed by atoms with Crippen LogP contribution < -0.4 is 0 Å². The van der Waals surface area contributed by atoms with Gasteiger partial charge in [-0.1, -0.05) is 50.3 Å². The molecule has 1 heterocycles. The fraction of sp³-hybridized carbons (Fsp3) is 0.450. The lowest BCUT2D eigenvalue weighted by molar-refractivity contribution is -0.118. The van der Waals surface area contributed by atoms with Gasteiger partial charge < -0.3 is 4.74 Å². The largest absolute Gasteiger partial charge is 0.487 e. The molecule has 0 radical (unpaired) electrons. The number of ether oxygens (including phenoxy) is 1. The molecular formula is C20H22O2. The van der Waals surface area contributed by atoms with Crippen molar-refractivity contribution in [1.82, 2.24) is 0 Å². The first kappa shape index (κ1) is 13.8. The first-order chi connectivity index (χ1) is 10.4. The number of allylic oxidation sites excluding steroid dienone is 2. The second kappa shape index (κ2) is 4.34. The molecule has 0 amide bonds. The molecule has 2 heteroatoms. The minimum Gasteiger partial charge on any atom is -0.487 e. The van der Waals surface area contributed by atoms with Gasteiger partial charge in [-0.3, -0.25) is 4.79 Å². The molecule has 2 aliphatic carbocycles. The Kier molecular flexibility index (Phi) is 2.73. The summed E-state index contributed by atoms with van der Waals surface area (Å²) in [4.78, 5) is 12.8. The van der Waals surface area contributed by atoms with E-state index in [0.717, 1.165) is 17.8 Å². The van der Waals surface area contributed by atoms with Gasteiger partial charge in [-0.25, -0.2) is 0 Å². The van der Waals surface area contributed by atoms with Gasteiger partial charge in [0.05, 0.1) is 0 Å². The van der Waals surface area contributed by atoms with Crippen LogP contribution in [0.5, 0.6) is 0 Å². The molecule has 0 saturated heterocycles. The summed E-state index contributed by atoms with van der Waals surface area (Å²) >= 11 is 0. The van der Waals surface area contributed by atoms with Crippen molar-refractivity contribution in [3.63, 3.8) is 0 Å². The predicted octanol–water partition coefficient (Wildman–Crippen LogP) is 4.39. The van der Waals surface area contributed by atoms with E-state index in [4.69, 9.17) is 4.74 Å². The Morgan fingerprint density at radius 2 is 1.82 bits per heavy atom. The third kappa shape index (κ3) is 1.89. The molecule has 22 heavy (non-hydrogen) atoms. The van der Waals surface area contributed by atoms with Crippen molar-refractivity contribution in [3.05, 3.63) is 59.4 Å². The Hall–Kier alpha value is -1.83. The number of hydrogen-bond donors (Lipinski definition) is 0. The molecule has 1 aliphatic heterocycles. The standard InChI is InChI=1S/C20H22O2/c1-19(2)11-15(21)17-16(12-19)22-20(3)10-9-14(18(17)20)13-7-5-4-6-8-13/h4-10,14,18H,11-12H2,1-3H3/t14-,18+,20+/m1/s1. The van der Waals surface area contributed by atoms with Gasteiger partial charge >= 0.3 is 0 Å². The summed E-state index contributed by atoms with van der Waals surface area (Å²) in [6.45, 7) is 6.42. The van der Waals surface area contributed by atoms with Crippen LogP contribution in [0.15, 0.2) is 53.8 Å². The number of carbonyl (C=O) groups excluding carboxylic acids is 1. The molecule has 2 nitrogen and oxygen atoms in total. The Bertz CT molecular complexity index is 696. The van der Waals surface area contributed by atoms with E-state index >= 15 is 0 Å². The lowest BCUT2D eigenvalue weighted by atomic mass is 9.70. The number of ketones is 1. The summed E-state index contributed by atoms with van der Waals surface area (Å²) in [5.74, 6) is 1.60. The molecule has 0 aromatic heterocycles. The summed E-state index contributed by atoms with van der Waals surface area (Å²) in [6, 6.07) is 10.5. The molecule has 4 rings (SSSR count). The van der Waals surface area contributed by atoms with Gasteiger partial charge in [0.25, 0.3) is 0 Å². The number of rotatable bonds is 1. The third-order valence-electron chi connectivity index (χ3n) is 5.33. The van der Waals surface area contributed by atoms with E-state index in [-0.39, 0.29) is 28.6 Å². The maximum absolute atomic E-state index is 12.8. The number of fused-ring (bicyclic) bond motifs is 2. The quantitative estimate of drug-likeness (QED) is 0.718. The van der Waals surface area contributed by atoms with Crippen LogP contribution >= 0.6 is 0 Å². The Balaban J connectivity index is 1.78. The van der Waals surface area contributed by atoms with Gasteiger partial charge in [0.15, 0.2) is 5.78 Å². The van der Waals surface area contributed by atoms with Crippen molar-refractivity contribution in [2.75, 3.05) is 0 Å². The van der Waals surface area contributed by atoms with Crippen LogP contribution in [0.1, 0.15) is 45.1 Å². The second-order valence-corrected chi connectivity index (χ2v) is 7.84. The van der Waals surface area contributed by atoms with Crippen molar-refractivity contribution in [2.45, 2.75) is 45.1 Å². The van der Waals surface area contributed by atoms with Crippen LogP contribution in [0.4, 0.5) is 0 Å². The van der Waals surface area contributed by atoms with E-state index in [9.17, 15) is 4.79 Å². The Morgan fingerprint density at radius 1 is 1.09 bits per heavy atom. The predicted molar refractivity (Wildman–Crippen MR) is 86.4 cm³/mol. The highest BCUT2D eigenvalue weighted by Gasteiger charge is 2.55. The van der Waals surface area contributed by atoms with E-state index in [1.165, 1.54) is 5.56 Å². The fourth-order valence-electron chi connectivity index (χ4n) is 4.39. The van der Waals surface area contributed by atoms with Gasteiger partial charge in [0.2, 0.25) is 0 Å². The molecule has 0 fully saturated rings. The van der Waals surface area contributed by atoms with Gasteiger partial charge in [0, 0.05) is 30.3 Å². The lowest BCUT2D eigenvalue weighted by Gasteiger charge is -2.30. The average molecular weight is 294 g/mol. The molecular weight excluding hydrogens is 272 g/mol. The second-order valence-electron chi connectivity index (χ2n) is 7.84. The van der Waals surface area contributed by atoms with Crippen molar-refractivity contribution < 1.29 is 9.53 Å². The Morgan fingerprint density at radius 3 is 2.55 bits per heavy atom. The molecule has 0 bridgehead atoms.